The van der Waals surface area contributed by atoms with Crippen LogP contribution in [0.4, 0.5) is 5.69 Å². The first-order valence-corrected chi connectivity index (χ1v) is 7.29. The monoisotopic (exact) mass is 288 g/mol. The molecule has 0 aliphatic rings. The number of hydrogen-bond acceptors (Lipinski definition) is 3. The lowest BCUT2D eigenvalue weighted by Crippen LogP contribution is -2.15. The Bertz CT molecular complexity index is 563. The van der Waals surface area contributed by atoms with Gasteiger partial charge in [0.2, 0.25) is 5.91 Å². The minimum absolute atomic E-state index is 0.0104. The van der Waals surface area contributed by atoms with Gasteiger partial charge in [-0.25, -0.2) is 0 Å². The molecule has 0 saturated carbocycles. The van der Waals surface area contributed by atoms with Crippen LogP contribution in [0.3, 0.4) is 0 Å². The van der Waals surface area contributed by atoms with Crippen molar-refractivity contribution in [2.45, 2.75) is 40.0 Å². The van der Waals surface area contributed by atoms with E-state index in [1.54, 1.807) is 4.68 Å². The van der Waals surface area contributed by atoms with Crippen LogP contribution >= 0.6 is 0 Å². The molecule has 1 N–H and O–H groups in total. The van der Waals surface area contributed by atoms with E-state index in [0.717, 1.165) is 17.1 Å². The zero-order valence-electron chi connectivity index (χ0n) is 13.4. The van der Waals surface area contributed by atoms with E-state index < -0.39 is 0 Å². The van der Waals surface area contributed by atoms with E-state index in [9.17, 15) is 4.79 Å². The van der Waals surface area contributed by atoms with Gasteiger partial charge < -0.3 is 5.32 Å². The SMILES string of the molecule is CC.Cc1c([C@@H](C)CC(=O)Nc2ccccc2)nnn1C. The first-order chi connectivity index (χ1) is 10.1. The molecular weight excluding hydrogens is 264 g/mol. The smallest absolute Gasteiger partial charge is 0.225 e. The Balaban J connectivity index is 0.00000106. The predicted molar refractivity (Wildman–Crippen MR) is 85.2 cm³/mol. The standard InChI is InChI=1S/C14H18N4O.C2H6/c1-10(14-11(2)18(3)17-16-14)9-13(19)15-12-7-5-4-6-8-12;1-2/h4-8,10H,9H2,1-3H3,(H,15,19);1-2H3/t10-;/m0./s1. The second kappa shape index (κ2) is 8.19. The lowest BCUT2D eigenvalue weighted by molar-refractivity contribution is -0.116. The molecular formula is C16H24N4O. The molecule has 0 saturated heterocycles. The summed E-state index contributed by atoms with van der Waals surface area (Å²) in [6.07, 6.45) is 0.397. The van der Waals surface area contributed by atoms with Gasteiger partial charge in [0.05, 0.1) is 11.4 Å². The number of aromatic nitrogens is 3. The summed E-state index contributed by atoms with van der Waals surface area (Å²) in [5.74, 6) is 0.0427. The zero-order chi connectivity index (χ0) is 15.8. The number of benzene rings is 1. The topological polar surface area (TPSA) is 59.8 Å². The molecule has 1 amide bonds. The fourth-order valence-electron chi connectivity index (χ4n) is 1.98. The van der Waals surface area contributed by atoms with E-state index >= 15 is 0 Å². The Hall–Kier alpha value is -2.17. The van der Waals surface area contributed by atoms with Crippen molar-refractivity contribution in [2.24, 2.45) is 7.05 Å². The third-order valence-electron chi connectivity index (χ3n) is 3.16. The maximum atomic E-state index is 11.9. The van der Waals surface area contributed by atoms with Crippen LogP contribution in [-0.2, 0) is 11.8 Å². The van der Waals surface area contributed by atoms with Crippen LogP contribution in [0.1, 0.15) is 44.5 Å². The summed E-state index contributed by atoms with van der Waals surface area (Å²) >= 11 is 0. The molecule has 0 aliphatic carbocycles. The fourth-order valence-corrected chi connectivity index (χ4v) is 1.98. The molecule has 0 bridgehead atoms. The Labute approximate surface area is 126 Å². The molecule has 5 heteroatoms. The Morgan fingerprint density at radius 2 is 1.90 bits per heavy atom. The summed E-state index contributed by atoms with van der Waals surface area (Å²) < 4.78 is 1.72. The van der Waals surface area contributed by atoms with Crippen LogP contribution < -0.4 is 5.32 Å². The molecule has 0 radical (unpaired) electrons. The summed E-state index contributed by atoms with van der Waals surface area (Å²) in [7, 11) is 1.85. The van der Waals surface area contributed by atoms with Gasteiger partial charge in [-0.1, -0.05) is 44.2 Å². The van der Waals surface area contributed by atoms with Gasteiger partial charge in [-0.05, 0) is 19.1 Å². The molecule has 1 heterocycles. The lowest BCUT2D eigenvalue weighted by atomic mass is 10.0. The first-order valence-electron chi connectivity index (χ1n) is 7.29. The van der Waals surface area contributed by atoms with Crippen molar-refractivity contribution >= 4 is 11.6 Å². The molecule has 1 aromatic carbocycles. The molecule has 0 aliphatic heterocycles. The average Bonchev–Trinajstić information content (AvgIpc) is 2.82. The van der Waals surface area contributed by atoms with Gasteiger partial charge in [-0.2, -0.15) is 0 Å². The molecule has 0 unspecified atom stereocenters. The second-order valence-electron chi connectivity index (χ2n) is 4.70. The van der Waals surface area contributed by atoms with Gasteiger partial charge in [0.1, 0.15) is 0 Å². The molecule has 1 atom stereocenters. The van der Waals surface area contributed by atoms with Gasteiger partial charge in [0, 0.05) is 25.1 Å². The summed E-state index contributed by atoms with van der Waals surface area (Å²) in [5, 5.41) is 10.9. The number of nitrogens with one attached hydrogen (secondary N) is 1. The number of aryl methyl sites for hydroxylation is 1. The average molecular weight is 288 g/mol. The quantitative estimate of drug-likeness (QED) is 0.939. The third-order valence-corrected chi connectivity index (χ3v) is 3.16. The summed E-state index contributed by atoms with van der Waals surface area (Å²) in [6, 6.07) is 9.45. The normalized spacial score (nSPS) is 11.3. The van der Waals surface area contributed by atoms with Crippen molar-refractivity contribution in [2.75, 3.05) is 5.32 Å². The molecule has 0 fully saturated rings. The summed E-state index contributed by atoms with van der Waals surface area (Å²) in [4.78, 5) is 11.9. The number of nitrogens with zero attached hydrogens (tertiary/aromatic N) is 3. The minimum Gasteiger partial charge on any atom is -0.326 e. The van der Waals surface area contributed by atoms with Gasteiger partial charge in [0.15, 0.2) is 0 Å². The highest BCUT2D eigenvalue weighted by atomic mass is 16.1. The zero-order valence-corrected chi connectivity index (χ0v) is 13.4. The number of hydrogen-bond donors (Lipinski definition) is 1. The highest BCUT2D eigenvalue weighted by Gasteiger charge is 2.17. The van der Waals surface area contributed by atoms with Gasteiger partial charge >= 0.3 is 0 Å². The number of para-hydroxylation sites is 1. The van der Waals surface area contributed by atoms with Crippen LogP contribution in [0.25, 0.3) is 0 Å². The number of carbonyl (C=O) groups excluding carboxylic acids is 1. The van der Waals surface area contributed by atoms with Crippen LogP contribution in [0.2, 0.25) is 0 Å². The highest BCUT2D eigenvalue weighted by molar-refractivity contribution is 5.91. The number of rotatable bonds is 4. The first kappa shape index (κ1) is 16.9. The van der Waals surface area contributed by atoms with Gasteiger partial charge in [0.25, 0.3) is 0 Å². The highest BCUT2D eigenvalue weighted by Crippen LogP contribution is 2.20. The van der Waals surface area contributed by atoms with Crippen molar-refractivity contribution in [3.63, 3.8) is 0 Å². The predicted octanol–water partition coefficient (Wildman–Crippen LogP) is 3.28. The van der Waals surface area contributed by atoms with Crippen LogP contribution in [0.5, 0.6) is 0 Å². The van der Waals surface area contributed by atoms with E-state index in [0.29, 0.717) is 6.42 Å². The van der Waals surface area contributed by atoms with Crippen molar-refractivity contribution in [3.8, 4) is 0 Å². The van der Waals surface area contributed by atoms with Crippen molar-refractivity contribution in [1.82, 2.24) is 15.0 Å². The fraction of sp³-hybridized carbons (Fsp3) is 0.438. The molecule has 2 rings (SSSR count). The Morgan fingerprint density at radius 1 is 1.29 bits per heavy atom. The Kier molecular flexibility index (Phi) is 6.59. The number of carbonyl (C=O) groups is 1. The maximum Gasteiger partial charge on any atom is 0.225 e. The van der Waals surface area contributed by atoms with Crippen LogP contribution in [0, 0.1) is 6.92 Å². The minimum atomic E-state index is -0.0104. The molecule has 114 valence electrons. The lowest BCUT2D eigenvalue weighted by Gasteiger charge is -2.10. The summed E-state index contributed by atoms with van der Waals surface area (Å²) in [5.41, 5.74) is 2.70. The van der Waals surface area contributed by atoms with Crippen molar-refractivity contribution in [1.29, 1.82) is 0 Å². The second-order valence-corrected chi connectivity index (χ2v) is 4.70. The number of amides is 1. The van der Waals surface area contributed by atoms with E-state index in [1.165, 1.54) is 0 Å². The Morgan fingerprint density at radius 3 is 2.43 bits per heavy atom. The molecule has 5 nitrogen and oxygen atoms in total. The van der Waals surface area contributed by atoms with Crippen molar-refractivity contribution in [3.05, 3.63) is 41.7 Å². The van der Waals surface area contributed by atoms with Gasteiger partial charge in [-0.15, -0.1) is 5.10 Å². The number of anilines is 1. The van der Waals surface area contributed by atoms with E-state index in [4.69, 9.17) is 0 Å². The van der Waals surface area contributed by atoms with Crippen LogP contribution in [-0.4, -0.2) is 20.9 Å². The van der Waals surface area contributed by atoms with E-state index in [2.05, 4.69) is 15.6 Å². The third kappa shape index (κ3) is 4.70. The molecule has 2 aromatic rings. The molecule has 0 spiro atoms. The van der Waals surface area contributed by atoms with Crippen LogP contribution in [0.15, 0.2) is 30.3 Å². The largest absolute Gasteiger partial charge is 0.326 e. The maximum absolute atomic E-state index is 11.9. The van der Waals surface area contributed by atoms with E-state index in [1.807, 2.05) is 65.1 Å². The van der Waals surface area contributed by atoms with E-state index in [-0.39, 0.29) is 11.8 Å². The molecule has 21 heavy (non-hydrogen) atoms. The molecule has 1 aromatic heterocycles. The summed E-state index contributed by atoms with van der Waals surface area (Å²) in [6.45, 7) is 7.95. The van der Waals surface area contributed by atoms with Crippen molar-refractivity contribution < 1.29 is 4.79 Å². The van der Waals surface area contributed by atoms with Gasteiger partial charge in [-0.3, -0.25) is 9.48 Å².